The highest BCUT2D eigenvalue weighted by Gasteiger charge is 2.32. The number of esters is 1. The number of hydrogen-bond donors (Lipinski definition) is 1. The Kier molecular flexibility index (Phi) is 8.78. The Labute approximate surface area is 194 Å². The van der Waals surface area contributed by atoms with E-state index >= 15 is 0 Å². The fraction of sp³-hybridized carbons (Fsp3) is 0.667. The van der Waals surface area contributed by atoms with Gasteiger partial charge in [-0.15, -0.1) is 0 Å². The lowest BCUT2D eigenvalue weighted by molar-refractivity contribution is -0.141. The first kappa shape index (κ1) is 24.1. The van der Waals surface area contributed by atoms with E-state index in [0.717, 1.165) is 57.0 Å². The summed E-state index contributed by atoms with van der Waals surface area (Å²) in [6.07, 6.45) is 5.71. The summed E-state index contributed by atoms with van der Waals surface area (Å²) in [6, 6.07) is 5.44. The van der Waals surface area contributed by atoms with E-state index in [9.17, 15) is 14.7 Å². The maximum atomic E-state index is 13.0. The van der Waals surface area contributed by atoms with Gasteiger partial charge in [-0.1, -0.05) is 13.0 Å². The molecule has 6 nitrogen and oxygen atoms in total. The van der Waals surface area contributed by atoms with Crippen molar-refractivity contribution in [3.8, 4) is 5.75 Å². The van der Waals surface area contributed by atoms with Crippen molar-refractivity contribution in [3.63, 3.8) is 0 Å². The molecule has 2 fully saturated rings. The van der Waals surface area contributed by atoms with Gasteiger partial charge in [0.1, 0.15) is 5.75 Å². The van der Waals surface area contributed by atoms with Gasteiger partial charge in [0, 0.05) is 25.6 Å². The Morgan fingerprint density at radius 2 is 1.74 bits per heavy atom. The molecule has 1 N–H and O–H groups in total. The first-order valence-electron chi connectivity index (χ1n) is 11.4. The maximum Gasteiger partial charge on any atom is 0.306 e. The molecule has 2 aliphatic rings. The molecule has 0 unspecified atom stereocenters. The van der Waals surface area contributed by atoms with E-state index < -0.39 is 0 Å². The van der Waals surface area contributed by atoms with Crippen LogP contribution in [0.15, 0.2) is 22.7 Å². The number of rotatable bonds is 7. The van der Waals surface area contributed by atoms with Crippen LogP contribution in [0.3, 0.4) is 0 Å². The van der Waals surface area contributed by atoms with E-state index in [1.807, 2.05) is 24.0 Å². The van der Waals surface area contributed by atoms with Gasteiger partial charge in [0.15, 0.2) is 0 Å². The highest BCUT2D eigenvalue weighted by Crippen LogP contribution is 2.33. The smallest absolute Gasteiger partial charge is 0.306 e. The number of likely N-dealkylation sites (tertiary alicyclic amines) is 2. The van der Waals surface area contributed by atoms with Crippen LogP contribution in [0.4, 0.5) is 0 Å². The van der Waals surface area contributed by atoms with Crippen LogP contribution in [0.5, 0.6) is 5.75 Å². The number of aromatic hydroxyl groups is 1. The number of phenols is 1. The molecule has 1 aromatic rings. The van der Waals surface area contributed by atoms with Gasteiger partial charge in [0.05, 0.1) is 18.0 Å². The number of amides is 1. The molecule has 2 saturated heterocycles. The summed E-state index contributed by atoms with van der Waals surface area (Å²) in [5, 5.41) is 9.65. The van der Waals surface area contributed by atoms with Gasteiger partial charge in [-0.3, -0.25) is 9.59 Å². The van der Waals surface area contributed by atoms with Gasteiger partial charge in [-0.2, -0.15) is 0 Å². The Morgan fingerprint density at radius 1 is 1.13 bits per heavy atom. The molecule has 7 heteroatoms. The molecular formula is C24H35BrN2O4. The van der Waals surface area contributed by atoms with E-state index in [1.165, 1.54) is 20.0 Å². The standard InChI is InChI=1S/C24H35BrN2O4/c1-17(15-18-3-4-22(28)21(25)16-18)24(30)27-13-7-20(8-14-27)19-5-10-26(11-6-19)12-9-23(29)31-2/h3-4,16-17,19-20,28H,5-15H2,1-2H3/t17-/m1/s1. The van der Waals surface area contributed by atoms with Crippen LogP contribution >= 0.6 is 15.9 Å². The monoisotopic (exact) mass is 494 g/mol. The fourth-order valence-electron chi connectivity index (χ4n) is 5.02. The fourth-order valence-corrected chi connectivity index (χ4v) is 5.45. The molecule has 0 saturated carbocycles. The predicted molar refractivity (Wildman–Crippen MR) is 124 cm³/mol. The van der Waals surface area contributed by atoms with Crippen molar-refractivity contribution in [2.45, 2.75) is 45.4 Å². The van der Waals surface area contributed by atoms with Crippen molar-refractivity contribution < 1.29 is 19.4 Å². The average Bonchev–Trinajstić information content (AvgIpc) is 2.79. The van der Waals surface area contributed by atoms with Gasteiger partial charge >= 0.3 is 5.97 Å². The SMILES string of the molecule is COC(=O)CCN1CCC(C2CCN(C(=O)[C@H](C)Cc3ccc(O)c(Br)c3)CC2)CC1. The maximum absolute atomic E-state index is 13.0. The molecule has 2 heterocycles. The van der Waals surface area contributed by atoms with Crippen LogP contribution in [0.2, 0.25) is 0 Å². The average molecular weight is 495 g/mol. The minimum absolute atomic E-state index is 0.0638. The van der Waals surface area contributed by atoms with Crippen LogP contribution in [-0.4, -0.2) is 66.6 Å². The van der Waals surface area contributed by atoms with Gasteiger partial charge < -0.3 is 19.6 Å². The van der Waals surface area contributed by atoms with Crippen molar-refractivity contribution in [2.75, 3.05) is 39.8 Å². The van der Waals surface area contributed by atoms with E-state index in [4.69, 9.17) is 4.74 Å². The number of halogens is 1. The van der Waals surface area contributed by atoms with Crippen LogP contribution in [-0.2, 0) is 20.7 Å². The van der Waals surface area contributed by atoms with Crippen LogP contribution in [0.25, 0.3) is 0 Å². The topological polar surface area (TPSA) is 70.1 Å². The predicted octanol–water partition coefficient (Wildman–Crippen LogP) is 3.85. The molecule has 3 rings (SSSR count). The second-order valence-electron chi connectivity index (χ2n) is 9.06. The molecular weight excluding hydrogens is 460 g/mol. The number of hydrogen-bond acceptors (Lipinski definition) is 5. The summed E-state index contributed by atoms with van der Waals surface area (Å²) in [5.41, 5.74) is 1.05. The third-order valence-electron chi connectivity index (χ3n) is 6.99. The van der Waals surface area contributed by atoms with Crippen molar-refractivity contribution in [3.05, 3.63) is 28.2 Å². The molecule has 1 aromatic carbocycles. The summed E-state index contributed by atoms with van der Waals surface area (Å²) in [4.78, 5) is 28.7. The number of ether oxygens (including phenoxy) is 1. The normalized spacial score (nSPS) is 19.9. The van der Waals surface area contributed by atoms with Gasteiger partial charge in [-0.05, 0) is 90.7 Å². The number of carbonyl (C=O) groups excluding carboxylic acids is 2. The minimum Gasteiger partial charge on any atom is -0.507 e. The molecule has 2 aliphatic heterocycles. The molecule has 0 bridgehead atoms. The van der Waals surface area contributed by atoms with Crippen molar-refractivity contribution >= 4 is 27.8 Å². The van der Waals surface area contributed by atoms with E-state index in [0.29, 0.717) is 23.2 Å². The molecule has 0 radical (unpaired) electrons. The highest BCUT2D eigenvalue weighted by atomic mass is 79.9. The number of phenolic OH excluding ortho intramolecular Hbond substituents is 1. The molecule has 172 valence electrons. The molecule has 0 spiro atoms. The van der Waals surface area contributed by atoms with Gasteiger partial charge in [-0.25, -0.2) is 0 Å². The first-order chi connectivity index (χ1) is 14.9. The molecule has 0 aliphatic carbocycles. The van der Waals surface area contributed by atoms with E-state index in [2.05, 4.69) is 20.8 Å². The summed E-state index contributed by atoms with van der Waals surface area (Å²) in [5.74, 6) is 1.70. The Morgan fingerprint density at radius 3 is 2.32 bits per heavy atom. The lowest BCUT2D eigenvalue weighted by Gasteiger charge is -2.40. The number of nitrogens with zero attached hydrogens (tertiary/aromatic N) is 2. The molecule has 1 amide bonds. The van der Waals surface area contributed by atoms with Gasteiger partial charge in [0.2, 0.25) is 5.91 Å². The van der Waals surface area contributed by atoms with Crippen molar-refractivity contribution in [1.29, 1.82) is 0 Å². The lowest BCUT2D eigenvalue weighted by Crippen LogP contribution is -2.44. The van der Waals surface area contributed by atoms with Gasteiger partial charge in [0.25, 0.3) is 0 Å². The molecule has 31 heavy (non-hydrogen) atoms. The summed E-state index contributed by atoms with van der Waals surface area (Å²) in [7, 11) is 1.44. The zero-order chi connectivity index (χ0) is 22.4. The number of carbonyl (C=O) groups is 2. The second-order valence-corrected chi connectivity index (χ2v) is 9.91. The number of methoxy groups -OCH3 is 1. The molecule has 1 atom stereocenters. The van der Waals surface area contributed by atoms with Crippen molar-refractivity contribution in [1.82, 2.24) is 9.80 Å². The van der Waals surface area contributed by atoms with E-state index in [1.54, 1.807) is 6.07 Å². The Bertz CT molecular complexity index is 756. The quantitative estimate of drug-likeness (QED) is 0.582. The Balaban J connectivity index is 1.40. The number of benzene rings is 1. The highest BCUT2D eigenvalue weighted by molar-refractivity contribution is 9.10. The van der Waals surface area contributed by atoms with E-state index in [-0.39, 0.29) is 23.5 Å². The van der Waals surface area contributed by atoms with Crippen LogP contribution in [0.1, 0.15) is 44.6 Å². The number of piperidine rings is 2. The zero-order valence-electron chi connectivity index (χ0n) is 18.7. The summed E-state index contributed by atoms with van der Waals surface area (Å²) < 4.78 is 5.41. The largest absolute Gasteiger partial charge is 0.507 e. The third-order valence-corrected chi connectivity index (χ3v) is 7.62. The first-order valence-corrected chi connectivity index (χ1v) is 12.2. The summed E-state index contributed by atoms with van der Waals surface area (Å²) >= 11 is 3.35. The lowest BCUT2D eigenvalue weighted by atomic mass is 9.78. The van der Waals surface area contributed by atoms with Crippen molar-refractivity contribution in [2.24, 2.45) is 17.8 Å². The second kappa shape index (κ2) is 11.3. The Hall–Kier alpha value is -1.60. The van der Waals surface area contributed by atoms with Crippen LogP contribution in [0, 0.1) is 17.8 Å². The van der Waals surface area contributed by atoms with Crippen LogP contribution < -0.4 is 0 Å². The molecule has 0 aromatic heterocycles. The zero-order valence-corrected chi connectivity index (χ0v) is 20.3. The summed E-state index contributed by atoms with van der Waals surface area (Å²) in [6.45, 7) is 6.62. The third kappa shape index (κ3) is 6.69. The minimum atomic E-state index is -0.133.